The Kier molecular flexibility index (Phi) is 4.72. The fourth-order valence-electron chi connectivity index (χ4n) is 0.765. The van der Waals surface area contributed by atoms with Crippen LogP contribution in [0, 0.1) is 19.3 Å². The zero-order valence-corrected chi connectivity index (χ0v) is 10.4. The Morgan fingerprint density at radius 2 is 2.25 bits per heavy atom. The number of aromatic nitrogens is 2. The molecule has 0 spiro atoms. The van der Waals surface area contributed by atoms with Gasteiger partial charge in [-0.2, -0.15) is 0 Å². The number of nitrogen functional groups attached to an aromatic ring is 1. The van der Waals surface area contributed by atoms with Crippen molar-refractivity contribution in [2.24, 2.45) is 0 Å². The van der Waals surface area contributed by atoms with Gasteiger partial charge in [0.05, 0.1) is 0 Å². The first-order chi connectivity index (χ1) is 5.16. The van der Waals surface area contributed by atoms with Gasteiger partial charge in [-0.15, -0.1) is 0 Å². The van der Waals surface area contributed by atoms with E-state index in [0.717, 1.165) is 11.4 Å². The van der Waals surface area contributed by atoms with Crippen molar-refractivity contribution in [3.63, 3.8) is 0 Å². The second kappa shape index (κ2) is 4.78. The van der Waals surface area contributed by atoms with E-state index in [-0.39, 0.29) is 32.7 Å². The summed E-state index contributed by atoms with van der Waals surface area (Å²) in [5, 5.41) is 0. The largest absolute Gasteiger partial charge is 0.533 e. The maximum absolute atomic E-state index is 5.69. The van der Waals surface area contributed by atoms with Crippen LogP contribution in [0.2, 0.25) is 0 Å². The Bertz CT molecular complexity index is 288. The third-order valence-corrected chi connectivity index (χ3v) is 1.63. The monoisotopic (exact) mass is 238 g/mol. The van der Waals surface area contributed by atoms with E-state index >= 15 is 0 Å². The second-order valence-electron chi connectivity index (χ2n) is 2.35. The van der Waals surface area contributed by atoms with Crippen LogP contribution in [0.1, 0.15) is 19.5 Å². The molecule has 12 heavy (non-hydrogen) atoms. The number of imidazole rings is 1. The van der Waals surface area contributed by atoms with E-state index in [1.54, 1.807) is 4.57 Å². The Balaban J connectivity index is 0.00000121. The molecule has 1 radical (unpaired) electrons. The third kappa shape index (κ3) is 2.17. The summed E-state index contributed by atoms with van der Waals surface area (Å²) in [5.41, 5.74) is 7.41. The predicted molar refractivity (Wildman–Crippen MR) is 44.5 cm³/mol. The summed E-state index contributed by atoms with van der Waals surface area (Å²) in [4.78, 5) is 3.94. The van der Waals surface area contributed by atoms with Gasteiger partial charge >= 0.3 is 0 Å². The average molecular weight is 238 g/mol. The fourth-order valence-corrected chi connectivity index (χ4v) is 0.765. The van der Waals surface area contributed by atoms with Gasteiger partial charge in [-0.3, -0.25) is 0 Å². The standard InChI is InChI=1S/C8H11N3.Y/c1-4-6(2)11-5-10-7(3)8(11)9;/h9H2,1-3H3;/q-2;. The quantitative estimate of drug-likeness (QED) is 0.748. The second-order valence-corrected chi connectivity index (χ2v) is 2.35. The minimum atomic E-state index is 0. The molecule has 0 aliphatic carbocycles. The molecule has 0 aliphatic rings. The summed E-state index contributed by atoms with van der Waals surface area (Å²) in [6.07, 6.45) is 5.73. The molecular weight excluding hydrogens is 227 g/mol. The number of nitrogens with zero attached hydrogens (tertiary/aromatic N) is 2. The minimum Gasteiger partial charge on any atom is -0.533 e. The van der Waals surface area contributed by atoms with Gasteiger partial charge in [0.15, 0.2) is 0 Å². The molecule has 1 rings (SSSR count). The number of hydrogen-bond acceptors (Lipinski definition) is 2. The average Bonchev–Trinajstić information content (AvgIpc) is 2.32. The van der Waals surface area contributed by atoms with Gasteiger partial charge in [0, 0.05) is 44.9 Å². The van der Waals surface area contributed by atoms with Crippen molar-refractivity contribution in [2.75, 3.05) is 5.73 Å². The summed E-state index contributed by atoms with van der Waals surface area (Å²) >= 11 is 0. The predicted octanol–water partition coefficient (Wildman–Crippen LogP) is 1.26. The van der Waals surface area contributed by atoms with Crippen molar-refractivity contribution < 1.29 is 32.7 Å². The molecule has 0 fully saturated rings. The molecule has 0 aliphatic heterocycles. The normalized spacial score (nSPS) is 11.1. The number of hydrogen-bond donors (Lipinski definition) is 1. The van der Waals surface area contributed by atoms with Crippen LogP contribution in [0.15, 0.2) is 0 Å². The molecule has 1 aromatic rings. The molecule has 3 nitrogen and oxygen atoms in total. The molecule has 1 heterocycles. The molecule has 2 N–H and O–H groups in total. The summed E-state index contributed by atoms with van der Waals surface area (Å²) in [6.45, 7) is 5.59. The van der Waals surface area contributed by atoms with E-state index < -0.39 is 0 Å². The van der Waals surface area contributed by atoms with Crippen molar-refractivity contribution in [1.29, 1.82) is 0 Å². The van der Waals surface area contributed by atoms with Gasteiger partial charge in [0.2, 0.25) is 0 Å². The van der Waals surface area contributed by atoms with E-state index in [9.17, 15) is 0 Å². The summed E-state index contributed by atoms with van der Waals surface area (Å²) in [6, 6.07) is 0. The van der Waals surface area contributed by atoms with Gasteiger partial charge in [-0.1, -0.05) is 13.8 Å². The molecule has 0 saturated carbocycles. The van der Waals surface area contributed by atoms with Crippen LogP contribution < -0.4 is 5.73 Å². The molecule has 0 unspecified atom stereocenters. The van der Waals surface area contributed by atoms with Gasteiger partial charge in [0.1, 0.15) is 0 Å². The first kappa shape index (κ1) is 11.9. The molecular formula is C8H11N3Y-2. The zero-order chi connectivity index (χ0) is 8.43. The molecule has 0 atom stereocenters. The van der Waals surface area contributed by atoms with Crippen LogP contribution in [0.5, 0.6) is 0 Å². The maximum Gasteiger partial charge on any atom is 0.0399 e. The van der Waals surface area contributed by atoms with E-state index in [0.29, 0.717) is 5.82 Å². The van der Waals surface area contributed by atoms with Gasteiger partial charge < -0.3 is 21.4 Å². The van der Waals surface area contributed by atoms with Crippen LogP contribution in [0.4, 0.5) is 5.82 Å². The summed E-state index contributed by atoms with van der Waals surface area (Å²) in [5.74, 6) is 0.636. The van der Waals surface area contributed by atoms with E-state index in [4.69, 9.17) is 5.73 Å². The minimum absolute atomic E-state index is 0. The molecule has 0 bridgehead atoms. The Morgan fingerprint density at radius 1 is 1.67 bits per heavy atom. The fraction of sp³-hybridized carbons (Fsp3) is 0.375. The van der Waals surface area contributed by atoms with Gasteiger partial charge in [-0.25, -0.2) is 12.6 Å². The molecule has 1 aromatic heterocycles. The van der Waals surface area contributed by atoms with Crippen LogP contribution in [-0.2, 0) is 32.7 Å². The Hall–Kier alpha value is -0.146. The maximum atomic E-state index is 5.69. The SMILES string of the molecule is C[C-]=C(C)n1[c-]nc(C)c1N.[Y]. The Labute approximate surface area is 97.9 Å². The summed E-state index contributed by atoms with van der Waals surface area (Å²) < 4.78 is 1.69. The van der Waals surface area contributed by atoms with Crippen molar-refractivity contribution in [3.05, 3.63) is 18.1 Å². The first-order valence-corrected chi connectivity index (χ1v) is 3.41. The van der Waals surface area contributed by atoms with Crippen molar-refractivity contribution in [2.45, 2.75) is 20.8 Å². The zero-order valence-electron chi connectivity index (χ0n) is 7.55. The van der Waals surface area contributed by atoms with Gasteiger partial charge in [0.25, 0.3) is 0 Å². The smallest absolute Gasteiger partial charge is 0.0399 e. The number of nitrogens with two attached hydrogens (primary N) is 1. The van der Waals surface area contributed by atoms with Crippen molar-refractivity contribution >= 4 is 11.5 Å². The first-order valence-electron chi connectivity index (χ1n) is 3.41. The molecule has 0 amide bonds. The summed E-state index contributed by atoms with van der Waals surface area (Å²) in [7, 11) is 0. The Morgan fingerprint density at radius 3 is 2.58 bits per heavy atom. The number of aryl methyl sites for hydroxylation is 1. The number of rotatable bonds is 1. The number of allylic oxidation sites excluding steroid dienone is 2. The molecule has 0 saturated heterocycles. The van der Waals surface area contributed by atoms with E-state index in [2.05, 4.69) is 17.4 Å². The van der Waals surface area contributed by atoms with Crippen molar-refractivity contribution in [1.82, 2.24) is 9.55 Å². The third-order valence-electron chi connectivity index (χ3n) is 1.63. The van der Waals surface area contributed by atoms with Crippen LogP contribution in [0.25, 0.3) is 5.70 Å². The molecule has 4 heteroatoms. The topological polar surface area (TPSA) is 43.8 Å². The van der Waals surface area contributed by atoms with Crippen LogP contribution in [-0.4, -0.2) is 9.55 Å². The number of anilines is 1. The van der Waals surface area contributed by atoms with Crippen LogP contribution in [0.3, 0.4) is 0 Å². The van der Waals surface area contributed by atoms with Crippen molar-refractivity contribution in [3.8, 4) is 0 Å². The molecule has 63 valence electrons. The van der Waals surface area contributed by atoms with E-state index in [1.807, 2.05) is 20.8 Å². The molecule has 0 aromatic carbocycles. The van der Waals surface area contributed by atoms with E-state index in [1.165, 1.54) is 0 Å². The van der Waals surface area contributed by atoms with Gasteiger partial charge in [-0.05, 0) is 5.69 Å². The van der Waals surface area contributed by atoms with Crippen LogP contribution >= 0.6 is 0 Å².